The normalized spacial score (nSPS) is 12.7. The van der Waals surface area contributed by atoms with Crippen LogP contribution in [0.1, 0.15) is 12.5 Å². The van der Waals surface area contributed by atoms with E-state index in [-0.39, 0.29) is 5.75 Å². The van der Waals surface area contributed by atoms with Crippen molar-refractivity contribution >= 4 is 37.6 Å². The number of aliphatic carboxylic acids is 1. The SMILES string of the molecule is CC(NC(=O)CS(=O)(=O)Cc1ccc(Br)cc1)C(=O)O. The average Bonchev–Trinajstić information content (AvgIpc) is 2.30. The van der Waals surface area contributed by atoms with Gasteiger partial charge in [-0.05, 0) is 24.6 Å². The van der Waals surface area contributed by atoms with Crippen LogP contribution in [-0.4, -0.2) is 37.2 Å². The van der Waals surface area contributed by atoms with Gasteiger partial charge in [-0.1, -0.05) is 28.1 Å². The lowest BCUT2D eigenvalue weighted by Crippen LogP contribution is -2.41. The molecule has 1 atom stereocenters. The molecule has 1 unspecified atom stereocenters. The molecule has 0 aliphatic heterocycles. The summed E-state index contributed by atoms with van der Waals surface area (Å²) in [7, 11) is -3.64. The standard InChI is InChI=1S/C12H14BrNO5S/c1-8(12(16)17)14-11(15)7-20(18,19)6-9-2-4-10(13)5-3-9/h2-5,8H,6-7H2,1H3,(H,14,15)(H,16,17). The van der Waals surface area contributed by atoms with E-state index in [1.165, 1.54) is 6.92 Å². The van der Waals surface area contributed by atoms with Gasteiger partial charge in [0.15, 0.2) is 9.84 Å². The monoisotopic (exact) mass is 363 g/mol. The number of nitrogens with one attached hydrogen (secondary N) is 1. The van der Waals surface area contributed by atoms with Gasteiger partial charge in [0.25, 0.3) is 0 Å². The Morgan fingerprint density at radius 2 is 1.85 bits per heavy atom. The van der Waals surface area contributed by atoms with Crippen molar-refractivity contribution in [1.29, 1.82) is 0 Å². The van der Waals surface area contributed by atoms with Gasteiger partial charge in [0.1, 0.15) is 11.8 Å². The molecule has 0 saturated carbocycles. The van der Waals surface area contributed by atoms with Crippen LogP contribution in [0.5, 0.6) is 0 Å². The first-order chi connectivity index (χ1) is 9.19. The fraction of sp³-hybridized carbons (Fsp3) is 0.333. The number of carboxylic acid groups (broad SMARTS) is 1. The van der Waals surface area contributed by atoms with Gasteiger partial charge in [0.2, 0.25) is 5.91 Å². The van der Waals surface area contributed by atoms with Crippen molar-refractivity contribution in [1.82, 2.24) is 5.32 Å². The Morgan fingerprint density at radius 1 is 1.30 bits per heavy atom. The maximum absolute atomic E-state index is 11.8. The van der Waals surface area contributed by atoms with Gasteiger partial charge in [-0.25, -0.2) is 8.42 Å². The number of benzene rings is 1. The zero-order valence-corrected chi connectivity index (χ0v) is 13.1. The largest absolute Gasteiger partial charge is 0.480 e. The summed E-state index contributed by atoms with van der Waals surface area (Å²) in [6.07, 6.45) is 0. The van der Waals surface area contributed by atoms with E-state index in [1.54, 1.807) is 24.3 Å². The van der Waals surface area contributed by atoms with Crippen LogP contribution in [0.15, 0.2) is 28.7 Å². The molecule has 1 amide bonds. The maximum atomic E-state index is 11.8. The van der Waals surface area contributed by atoms with Gasteiger partial charge in [0, 0.05) is 4.47 Å². The van der Waals surface area contributed by atoms with Crippen LogP contribution >= 0.6 is 15.9 Å². The number of rotatable bonds is 6. The predicted molar refractivity (Wildman–Crippen MR) is 76.9 cm³/mol. The van der Waals surface area contributed by atoms with Crippen molar-refractivity contribution in [3.8, 4) is 0 Å². The summed E-state index contributed by atoms with van der Waals surface area (Å²) in [6, 6.07) is 5.57. The molecular formula is C12H14BrNO5S. The average molecular weight is 364 g/mol. The summed E-state index contributed by atoms with van der Waals surface area (Å²) in [5.74, 6) is -3.05. The number of hydrogen-bond acceptors (Lipinski definition) is 4. The van der Waals surface area contributed by atoms with Crippen molar-refractivity contribution in [3.63, 3.8) is 0 Å². The zero-order valence-electron chi connectivity index (χ0n) is 10.7. The van der Waals surface area contributed by atoms with Crippen LogP contribution in [-0.2, 0) is 25.2 Å². The van der Waals surface area contributed by atoms with Crippen molar-refractivity contribution < 1.29 is 23.1 Å². The number of amides is 1. The molecule has 2 N–H and O–H groups in total. The number of sulfone groups is 1. The lowest BCUT2D eigenvalue weighted by atomic mass is 10.2. The molecule has 1 aromatic carbocycles. The maximum Gasteiger partial charge on any atom is 0.325 e. The summed E-state index contributed by atoms with van der Waals surface area (Å²) in [4.78, 5) is 22.0. The molecule has 0 heterocycles. The van der Waals surface area contributed by atoms with Crippen molar-refractivity contribution in [2.75, 3.05) is 5.75 Å². The fourth-order valence-corrected chi connectivity index (χ4v) is 2.98. The van der Waals surface area contributed by atoms with Crippen molar-refractivity contribution in [3.05, 3.63) is 34.3 Å². The topological polar surface area (TPSA) is 101 Å². The first kappa shape index (κ1) is 16.6. The van der Waals surface area contributed by atoms with Gasteiger partial charge in [0.05, 0.1) is 5.75 Å². The van der Waals surface area contributed by atoms with E-state index in [9.17, 15) is 18.0 Å². The highest BCUT2D eigenvalue weighted by Gasteiger charge is 2.20. The van der Waals surface area contributed by atoms with Crippen molar-refractivity contribution in [2.45, 2.75) is 18.7 Å². The fourth-order valence-electron chi connectivity index (χ4n) is 1.43. The molecule has 8 heteroatoms. The number of carboxylic acids is 1. The van der Waals surface area contributed by atoms with E-state index in [0.29, 0.717) is 5.56 Å². The van der Waals surface area contributed by atoms with E-state index >= 15 is 0 Å². The number of hydrogen-bond donors (Lipinski definition) is 2. The molecule has 0 aliphatic carbocycles. The Hall–Kier alpha value is -1.41. The molecule has 6 nitrogen and oxygen atoms in total. The number of carbonyl (C=O) groups excluding carboxylic acids is 1. The summed E-state index contributed by atoms with van der Waals surface area (Å²) in [5.41, 5.74) is 0.562. The molecule has 20 heavy (non-hydrogen) atoms. The minimum atomic E-state index is -3.64. The highest BCUT2D eigenvalue weighted by Crippen LogP contribution is 2.13. The molecule has 1 rings (SSSR count). The first-order valence-electron chi connectivity index (χ1n) is 5.66. The zero-order chi connectivity index (χ0) is 15.3. The summed E-state index contributed by atoms with van der Waals surface area (Å²) in [5, 5.41) is 10.7. The lowest BCUT2D eigenvalue weighted by Gasteiger charge is -2.09. The molecule has 0 bridgehead atoms. The molecule has 1 aromatic rings. The van der Waals surface area contributed by atoms with Gasteiger partial charge in [-0.2, -0.15) is 0 Å². The highest BCUT2D eigenvalue weighted by molar-refractivity contribution is 9.10. The van der Waals surface area contributed by atoms with Crippen LogP contribution in [0, 0.1) is 0 Å². The second-order valence-electron chi connectivity index (χ2n) is 4.29. The van der Waals surface area contributed by atoms with E-state index < -0.39 is 33.5 Å². The van der Waals surface area contributed by atoms with E-state index in [1.807, 2.05) is 0 Å². The predicted octanol–water partition coefficient (Wildman–Crippen LogP) is 0.953. The van der Waals surface area contributed by atoms with Crippen molar-refractivity contribution in [2.24, 2.45) is 0 Å². The molecule has 0 spiro atoms. The lowest BCUT2D eigenvalue weighted by molar-refractivity contribution is -0.140. The van der Waals surface area contributed by atoms with Gasteiger partial charge < -0.3 is 10.4 Å². The van der Waals surface area contributed by atoms with E-state index in [4.69, 9.17) is 5.11 Å². The van der Waals surface area contributed by atoms with Gasteiger partial charge in [-0.3, -0.25) is 9.59 Å². The molecular weight excluding hydrogens is 350 g/mol. The Morgan fingerprint density at radius 3 is 2.35 bits per heavy atom. The van der Waals surface area contributed by atoms with Crippen LogP contribution in [0.2, 0.25) is 0 Å². The van der Waals surface area contributed by atoms with Gasteiger partial charge in [-0.15, -0.1) is 0 Å². The van der Waals surface area contributed by atoms with Crippen LogP contribution in [0.25, 0.3) is 0 Å². The second kappa shape index (κ2) is 6.85. The van der Waals surface area contributed by atoms with E-state index in [2.05, 4.69) is 21.2 Å². The third-order valence-corrected chi connectivity index (χ3v) is 4.40. The van der Waals surface area contributed by atoms with Crippen LogP contribution < -0.4 is 5.32 Å². The van der Waals surface area contributed by atoms with Crippen LogP contribution in [0.4, 0.5) is 0 Å². The smallest absolute Gasteiger partial charge is 0.325 e. The first-order valence-corrected chi connectivity index (χ1v) is 8.28. The Labute approximate surface area is 125 Å². The van der Waals surface area contributed by atoms with Crippen LogP contribution in [0.3, 0.4) is 0 Å². The Bertz CT molecular complexity index is 597. The molecule has 0 aliphatic rings. The Kier molecular flexibility index (Phi) is 5.70. The molecule has 0 aromatic heterocycles. The number of carbonyl (C=O) groups is 2. The Balaban J connectivity index is 2.63. The summed E-state index contributed by atoms with van der Waals surface area (Å²) in [6.45, 7) is 1.27. The van der Waals surface area contributed by atoms with Gasteiger partial charge >= 0.3 is 5.97 Å². The summed E-state index contributed by atoms with van der Waals surface area (Å²) >= 11 is 3.24. The quantitative estimate of drug-likeness (QED) is 0.783. The molecule has 0 radical (unpaired) electrons. The molecule has 0 saturated heterocycles. The molecule has 110 valence electrons. The van der Waals surface area contributed by atoms with E-state index in [0.717, 1.165) is 4.47 Å². The molecule has 0 fully saturated rings. The number of halogens is 1. The summed E-state index contributed by atoms with van der Waals surface area (Å²) < 4.78 is 24.5. The third-order valence-electron chi connectivity index (χ3n) is 2.40. The highest BCUT2D eigenvalue weighted by atomic mass is 79.9. The third kappa shape index (κ3) is 5.70. The minimum Gasteiger partial charge on any atom is -0.480 e. The second-order valence-corrected chi connectivity index (χ2v) is 7.27. The minimum absolute atomic E-state index is 0.269.